The highest BCUT2D eigenvalue weighted by Crippen LogP contribution is 2.46. The fourth-order valence-corrected chi connectivity index (χ4v) is 24.5. The van der Waals surface area contributed by atoms with E-state index in [9.17, 15) is 70.9 Å². The first-order chi connectivity index (χ1) is 65.6. The number of fused-ring (bicyclic) bond motifs is 4. The smallest absolute Gasteiger partial charge is 0.280 e. The summed E-state index contributed by atoms with van der Waals surface area (Å²) in [4.78, 5) is 152. The number of halogens is 2. The van der Waals surface area contributed by atoms with Crippen LogP contribution in [0.25, 0.3) is 41.8 Å². The molecule has 11 N–H and O–H groups in total. The molecule has 10 aliphatic rings. The van der Waals surface area contributed by atoms with Crippen molar-refractivity contribution in [2.45, 2.75) is 334 Å². The van der Waals surface area contributed by atoms with E-state index >= 15 is 0 Å². The number of rotatable bonds is 27. The van der Waals surface area contributed by atoms with E-state index in [4.69, 9.17) is 0 Å². The van der Waals surface area contributed by atoms with Crippen molar-refractivity contribution in [3.05, 3.63) is 114 Å². The summed E-state index contributed by atoms with van der Waals surface area (Å²) in [6, 6.07) is 8.36. The van der Waals surface area contributed by atoms with Crippen LogP contribution in [0.4, 0.5) is 32.1 Å². The summed E-state index contributed by atoms with van der Waals surface area (Å²) in [5.41, 5.74) is 7.64. The highest BCUT2D eigenvalue weighted by atomic mass is 32.2. The quantitative estimate of drug-likeness (QED) is 0.0228. The zero-order valence-electron chi connectivity index (χ0n) is 80.9. The van der Waals surface area contributed by atoms with Crippen LogP contribution >= 0.6 is 45.3 Å². The molecule has 138 heavy (non-hydrogen) atoms. The third-order valence-corrected chi connectivity index (χ3v) is 33.5. The maximum Gasteiger partial charge on any atom is 0.280 e. The van der Waals surface area contributed by atoms with Gasteiger partial charge in [0.2, 0.25) is 10.0 Å². The number of amides is 8. The van der Waals surface area contributed by atoms with E-state index in [0.717, 1.165) is 180 Å². The fourth-order valence-electron chi connectivity index (χ4n) is 19.4. The third-order valence-electron chi connectivity index (χ3n) is 27.9. The number of pyridine rings is 4. The minimum absolute atomic E-state index is 0.0226. The van der Waals surface area contributed by atoms with E-state index in [2.05, 4.69) is 110 Å². The van der Waals surface area contributed by atoms with Crippen molar-refractivity contribution in [1.82, 2.24) is 85.0 Å². The zero-order valence-corrected chi connectivity index (χ0v) is 85.0. The average molecular weight is 2000 g/mol. The van der Waals surface area contributed by atoms with Gasteiger partial charge in [0.25, 0.3) is 53.2 Å². The largest absolute Gasteiger partial charge is 0.393 e. The highest BCUT2D eigenvalue weighted by molar-refractivity contribution is 7.88. The fraction of sp³-hybridized carbons (Fsp3) is 0.588. The van der Waals surface area contributed by atoms with E-state index < -0.39 is 71.0 Å². The summed E-state index contributed by atoms with van der Waals surface area (Å²) in [5.74, 6) is -2.46. The van der Waals surface area contributed by atoms with Gasteiger partial charge in [-0.25, -0.2) is 57.1 Å². The summed E-state index contributed by atoms with van der Waals surface area (Å²) < 4.78 is 52.6. The Morgan fingerprint density at radius 3 is 1.07 bits per heavy atom. The van der Waals surface area contributed by atoms with Gasteiger partial charge in [-0.15, -0.1) is 45.3 Å². The number of nitrogens with zero attached hydrogens (tertiary/aromatic N) is 13. The van der Waals surface area contributed by atoms with Gasteiger partial charge < -0.3 is 77.5 Å². The van der Waals surface area contributed by atoms with Gasteiger partial charge in [-0.1, -0.05) is 13.8 Å². The lowest BCUT2D eigenvalue weighted by molar-refractivity contribution is 0.0117. The summed E-state index contributed by atoms with van der Waals surface area (Å²) in [6.45, 7) is 28.4. The number of anilines is 4. The Labute approximate surface area is 820 Å². The minimum atomic E-state index is -3.27. The first kappa shape index (κ1) is 102. The lowest BCUT2D eigenvalue weighted by Crippen LogP contribution is -2.60. The van der Waals surface area contributed by atoms with Gasteiger partial charge in [-0.3, -0.25) is 38.4 Å². The number of aliphatic hydroxyl groups is 3. The molecule has 3 aliphatic carbocycles. The Balaban J connectivity index is 0.000000140. The van der Waals surface area contributed by atoms with Gasteiger partial charge in [0, 0.05) is 140 Å². The summed E-state index contributed by atoms with van der Waals surface area (Å²) in [5, 5.41) is 55.0. The van der Waals surface area contributed by atoms with Crippen molar-refractivity contribution < 1.29 is 70.9 Å². The molecule has 0 radical (unpaired) electrons. The van der Waals surface area contributed by atoms with Crippen LogP contribution in [-0.2, 0) is 10.0 Å². The summed E-state index contributed by atoms with van der Waals surface area (Å²) in [6.07, 6.45) is 22.9. The van der Waals surface area contributed by atoms with Gasteiger partial charge in [-0.05, 0) is 252 Å². The maximum atomic E-state index is 14.0. The lowest BCUT2D eigenvalue weighted by Gasteiger charge is -2.37. The van der Waals surface area contributed by atoms with E-state index in [-0.39, 0.29) is 141 Å². The number of likely N-dealkylation sites (tertiary alicyclic amines) is 2. The van der Waals surface area contributed by atoms with Crippen LogP contribution in [0.15, 0.2) is 49.1 Å². The van der Waals surface area contributed by atoms with Crippen LogP contribution in [0.1, 0.15) is 301 Å². The van der Waals surface area contributed by atoms with Crippen LogP contribution in [0, 0.1) is 27.7 Å². The molecule has 0 unspecified atom stereocenters. The molecule has 15 heterocycles. The second-order valence-electron chi connectivity index (χ2n) is 39.3. The van der Waals surface area contributed by atoms with E-state index in [0.29, 0.717) is 93.0 Å². The molecule has 8 aromatic rings. The molecule has 10 fully saturated rings. The number of aromatic nitrogens is 8. The monoisotopic (exact) mass is 1990 g/mol. The van der Waals surface area contributed by atoms with Gasteiger partial charge >= 0.3 is 0 Å². The van der Waals surface area contributed by atoms with Crippen molar-refractivity contribution in [1.29, 1.82) is 0 Å². The molecule has 10 atom stereocenters. The molecule has 744 valence electrons. The molecule has 0 spiro atoms. The van der Waals surface area contributed by atoms with Gasteiger partial charge in [-0.2, -0.15) is 4.31 Å². The molecular weight excluding hydrogens is 1870 g/mol. The number of alkyl halides is 2. The second kappa shape index (κ2) is 43.0. The summed E-state index contributed by atoms with van der Waals surface area (Å²) in [7, 11) is -3.27. The third kappa shape index (κ3) is 23.1. The second-order valence-corrected chi connectivity index (χ2v) is 45.3. The number of aliphatic hydroxyl groups excluding tert-OH is 3. The van der Waals surface area contributed by atoms with Crippen LogP contribution in [-0.4, -0.2) is 276 Å². The number of carbonyl (C=O) groups excluding carboxylic acids is 8. The molecule has 7 aliphatic heterocycles. The first-order valence-corrected chi connectivity index (χ1v) is 53.5. The Bertz CT molecular complexity index is 5770. The van der Waals surface area contributed by atoms with Crippen LogP contribution < -0.4 is 42.5 Å². The van der Waals surface area contributed by atoms with Gasteiger partial charge in [0.15, 0.2) is 20.0 Å². The molecule has 0 aromatic carbocycles. The summed E-state index contributed by atoms with van der Waals surface area (Å²) >= 11 is 4.68. The van der Waals surface area contributed by atoms with Crippen molar-refractivity contribution >= 4 is 126 Å². The number of aryl methyl sites for hydroxylation is 4. The molecule has 7 saturated heterocycles. The molecule has 3 saturated carbocycles. The first-order valence-electron chi connectivity index (χ1n) is 48.4. The number of sulfonamides is 1. The SMILES string of the molecule is CC[C@@H](C)Nc1cc(C)c(-c2sc(C(=O)N[C@@H]3CC[C@H]3O)nc2C(=O)N2C3CCC2CC3)cn1.CC[C@@H](C)Nc1cc(C)c(-c2sc(C(=O)N[C@H]3CC[C@@H]3O)nc2C(=O)N2C3CCC2CC3)cn1.Cc1cc(NC(C)C)ncc1-c1sc(C(=O)NC2CN(S(C)(=O)=O)C2)nc1C(=O)N1CCC[C@@H]1C.Cc1cc(NC(C)C)ncc1-c1sc(C(=O)N[C@@H]2CC[C@@H](O)C2)nc1C(=O)N1CC(F)(F)C[C@@H]1C. The van der Waals surface area contributed by atoms with Crippen LogP contribution in [0.5, 0.6) is 0 Å². The average Bonchev–Trinajstić information content (AvgIpc) is 1.61. The maximum absolute atomic E-state index is 14.0. The predicted octanol–water partition coefficient (Wildman–Crippen LogP) is 13.7. The minimum Gasteiger partial charge on any atom is -0.393 e. The topological polar surface area (TPSA) is 447 Å². The molecular formula is C97H129F2N21O13S5. The molecule has 18 rings (SSSR count). The van der Waals surface area contributed by atoms with Gasteiger partial charge in [0.1, 0.15) is 46.0 Å². The molecule has 34 nitrogen and oxygen atoms in total. The van der Waals surface area contributed by atoms with Crippen molar-refractivity contribution in [2.75, 3.05) is 53.7 Å². The normalized spacial score (nSPS) is 23.8. The van der Waals surface area contributed by atoms with Crippen LogP contribution in [0.3, 0.4) is 0 Å². The van der Waals surface area contributed by atoms with Crippen molar-refractivity contribution in [2.24, 2.45) is 0 Å². The number of hydrogen-bond donors (Lipinski definition) is 11. The van der Waals surface area contributed by atoms with Crippen LogP contribution in [0.2, 0.25) is 0 Å². The molecule has 4 bridgehead atoms. The van der Waals surface area contributed by atoms with Gasteiger partial charge in [0.05, 0.1) is 68.7 Å². The lowest BCUT2D eigenvalue weighted by atomic mass is 9.89. The number of thiazole rings is 4. The molecule has 8 amide bonds. The van der Waals surface area contributed by atoms with E-state index in [1.807, 2.05) is 101 Å². The highest BCUT2D eigenvalue weighted by Gasteiger charge is 2.49. The molecule has 8 aromatic heterocycles. The zero-order chi connectivity index (χ0) is 98.9. The number of carbonyl (C=O) groups is 8. The van der Waals surface area contributed by atoms with Crippen molar-refractivity contribution in [3.63, 3.8) is 0 Å². The van der Waals surface area contributed by atoms with E-state index in [1.54, 1.807) is 31.7 Å². The Kier molecular flexibility index (Phi) is 31.9. The van der Waals surface area contributed by atoms with E-state index in [1.165, 1.54) is 27.0 Å². The number of nitrogens with one attached hydrogen (secondary N) is 8. The van der Waals surface area contributed by atoms with Crippen molar-refractivity contribution in [3.8, 4) is 41.8 Å². The Morgan fingerprint density at radius 2 is 0.790 bits per heavy atom. The predicted molar refractivity (Wildman–Crippen MR) is 531 cm³/mol. The molecule has 41 heteroatoms. The number of hydrogen-bond acceptors (Lipinski definition) is 29. The Morgan fingerprint density at radius 1 is 0.449 bits per heavy atom. The standard InChI is InChI=1S/2C25H33N5O3S.C24H31F2N5O3S.C23H32N6O4S2/c2*1-4-14(3)27-20-11-13(2)17(12-26-20)22-21(25(33)30-15-5-6-16(30)8-7-15)29-24(34-22)23(32)28-18-9-10-19(18)31;1-12(2)28-18-7-13(3)17(10-27-18)20-19(23(34)31-11-24(25,26)9-14(31)4)30-22(35-20)21(33)29-15-5-6-16(32)8-15;1-13(2)25-18-9-14(3)17(10-24-18)20-19(23(31)29-8-6-7-15(29)4)27-22(34-20)21(30)26-16-11-28(12-16)35(5,32)33/h2*11-12,14-16,18-19,31H,4-10H2,1-3H3,(H,26,27)(H,28,32);7,10,12,14-16,32H,5-6,8-9,11H2,1-4H3,(H,27,28)(H,29,33);9-10,13,15-16H,6-8,11-12H2,1-5H3,(H,24,25)(H,26,30)/t14-,15?,16?,18+,19+;14-,15?,16?,18-,19-;14-,15+,16+;15-/m1100/s1. The Hall–Kier alpha value is -10.3.